The van der Waals surface area contributed by atoms with Crippen molar-refractivity contribution >= 4 is 17.5 Å². The van der Waals surface area contributed by atoms with Crippen molar-refractivity contribution < 1.29 is 4.79 Å². The van der Waals surface area contributed by atoms with Gasteiger partial charge in [0, 0.05) is 11.1 Å². The topological polar surface area (TPSA) is 55.1 Å². The molecule has 0 saturated heterocycles. The Morgan fingerprint density at radius 3 is 2.67 bits per heavy atom. The molecule has 2 rings (SSSR count). The molecule has 1 fully saturated rings. The first-order valence-corrected chi connectivity index (χ1v) is 6.74. The fourth-order valence-electron chi connectivity index (χ4n) is 2.57. The molecule has 18 heavy (non-hydrogen) atoms. The van der Waals surface area contributed by atoms with Crippen molar-refractivity contribution in [3.05, 3.63) is 34.9 Å². The van der Waals surface area contributed by atoms with Crippen LogP contribution in [0, 0.1) is 0 Å². The number of rotatable bonds is 4. The number of nitrogens with two attached hydrogens (primary N) is 1. The van der Waals surface area contributed by atoms with Crippen LogP contribution in [0.4, 0.5) is 0 Å². The fourth-order valence-corrected chi connectivity index (χ4v) is 2.76. The number of carbonyl (C=O) groups is 1. The van der Waals surface area contributed by atoms with E-state index in [-0.39, 0.29) is 5.91 Å². The van der Waals surface area contributed by atoms with Crippen molar-refractivity contribution in [3.63, 3.8) is 0 Å². The van der Waals surface area contributed by atoms with Gasteiger partial charge in [0.1, 0.15) is 5.54 Å². The van der Waals surface area contributed by atoms with Gasteiger partial charge in [-0.15, -0.1) is 0 Å². The van der Waals surface area contributed by atoms with E-state index in [1.54, 1.807) is 12.1 Å². The number of nitrogens with one attached hydrogen (secondary N) is 1. The van der Waals surface area contributed by atoms with Crippen LogP contribution in [0.15, 0.2) is 24.3 Å². The van der Waals surface area contributed by atoms with Crippen molar-refractivity contribution in [2.45, 2.75) is 44.2 Å². The minimum absolute atomic E-state index is 0.362. The SMILES string of the molecule is CC(NC1CCCC1)(C(N)=O)c1cccc(Cl)c1. The van der Waals surface area contributed by atoms with E-state index in [4.69, 9.17) is 17.3 Å². The second-order valence-electron chi connectivity index (χ2n) is 5.13. The Balaban J connectivity index is 2.28. The maximum Gasteiger partial charge on any atom is 0.242 e. The Labute approximate surface area is 113 Å². The summed E-state index contributed by atoms with van der Waals surface area (Å²) in [7, 11) is 0. The van der Waals surface area contributed by atoms with Crippen LogP contribution in [0.5, 0.6) is 0 Å². The van der Waals surface area contributed by atoms with Crippen LogP contribution in [0.25, 0.3) is 0 Å². The molecule has 1 atom stereocenters. The molecule has 0 radical (unpaired) electrons. The van der Waals surface area contributed by atoms with E-state index < -0.39 is 5.54 Å². The Hall–Kier alpha value is -1.06. The largest absolute Gasteiger partial charge is 0.368 e. The number of halogens is 1. The molecule has 1 aromatic rings. The molecule has 1 unspecified atom stereocenters. The molecular weight excluding hydrogens is 248 g/mol. The first-order valence-electron chi connectivity index (χ1n) is 6.36. The minimum atomic E-state index is -0.847. The molecule has 4 heteroatoms. The van der Waals surface area contributed by atoms with Crippen LogP contribution >= 0.6 is 11.6 Å². The van der Waals surface area contributed by atoms with Crippen LogP contribution in [0.2, 0.25) is 5.02 Å². The van der Waals surface area contributed by atoms with Gasteiger partial charge in [0.25, 0.3) is 0 Å². The number of hydrogen-bond donors (Lipinski definition) is 2. The highest BCUT2D eigenvalue weighted by atomic mass is 35.5. The van der Waals surface area contributed by atoms with Crippen molar-refractivity contribution in [2.75, 3.05) is 0 Å². The van der Waals surface area contributed by atoms with Gasteiger partial charge in [0.15, 0.2) is 0 Å². The van der Waals surface area contributed by atoms with Gasteiger partial charge in [0.05, 0.1) is 0 Å². The maximum atomic E-state index is 11.8. The summed E-state index contributed by atoms with van der Waals surface area (Å²) in [6.07, 6.45) is 4.62. The summed E-state index contributed by atoms with van der Waals surface area (Å²) in [5.41, 5.74) is 5.57. The van der Waals surface area contributed by atoms with Crippen molar-refractivity contribution in [2.24, 2.45) is 5.73 Å². The van der Waals surface area contributed by atoms with Gasteiger partial charge >= 0.3 is 0 Å². The molecule has 3 N–H and O–H groups in total. The smallest absolute Gasteiger partial charge is 0.242 e. The molecule has 3 nitrogen and oxygen atoms in total. The molecule has 98 valence electrons. The first kappa shape index (κ1) is 13.4. The van der Waals surface area contributed by atoms with Crippen LogP contribution < -0.4 is 11.1 Å². The number of carbonyl (C=O) groups excluding carboxylic acids is 1. The Morgan fingerprint density at radius 1 is 1.44 bits per heavy atom. The molecule has 0 aromatic heterocycles. The molecule has 0 heterocycles. The normalized spacial score (nSPS) is 19.7. The summed E-state index contributed by atoms with van der Waals surface area (Å²) < 4.78 is 0. The Kier molecular flexibility index (Phi) is 3.93. The summed E-state index contributed by atoms with van der Waals surface area (Å²) in [5.74, 6) is -0.364. The molecule has 0 bridgehead atoms. The lowest BCUT2D eigenvalue weighted by Gasteiger charge is -2.31. The molecule has 1 aromatic carbocycles. The third-order valence-electron chi connectivity index (χ3n) is 3.74. The van der Waals surface area contributed by atoms with Gasteiger partial charge in [0.2, 0.25) is 5.91 Å². The first-order chi connectivity index (χ1) is 8.52. The van der Waals surface area contributed by atoms with E-state index >= 15 is 0 Å². The van der Waals surface area contributed by atoms with Gasteiger partial charge < -0.3 is 5.73 Å². The highest BCUT2D eigenvalue weighted by Crippen LogP contribution is 2.27. The Morgan fingerprint density at radius 2 is 2.11 bits per heavy atom. The van der Waals surface area contributed by atoms with E-state index in [1.165, 1.54) is 12.8 Å². The van der Waals surface area contributed by atoms with Crippen molar-refractivity contribution in [3.8, 4) is 0 Å². The second kappa shape index (κ2) is 5.29. The van der Waals surface area contributed by atoms with Crippen molar-refractivity contribution in [1.29, 1.82) is 0 Å². The van der Waals surface area contributed by atoms with Gasteiger partial charge in [-0.1, -0.05) is 36.6 Å². The monoisotopic (exact) mass is 266 g/mol. The van der Waals surface area contributed by atoms with E-state index in [2.05, 4.69) is 5.32 Å². The van der Waals surface area contributed by atoms with Crippen LogP contribution in [-0.4, -0.2) is 11.9 Å². The third-order valence-corrected chi connectivity index (χ3v) is 3.98. The van der Waals surface area contributed by atoms with Crippen LogP contribution in [0.1, 0.15) is 38.2 Å². The van der Waals surface area contributed by atoms with E-state index in [0.717, 1.165) is 18.4 Å². The predicted molar refractivity (Wildman–Crippen MR) is 73.4 cm³/mol. The van der Waals surface area contributed by atoms with Gasteiger partial charge in [-0.05, 0) is 37.5 Å². The average Bonchev–Trinajstić information content (AvgIpc) is 2.81. The van der Waals surface area contributed by atoms with Crippen LogP contribution in [0.3, 0.4) is 0 Å². The molecule has 1 amide bonds. The van der Waals surface area contributed by atoms with E-state index in [0.29, 0.717) is 11.1 Å². The summed E-state index contributed by atoms with van der Waals surface area (Å²) in [5, 5.41) is 4.02. The van der Waals surface area contributed by atoms with Gasteiger partial charge in [-0.25, -0.2) is 0 Å². The van der Waals surface area contributed by atoms with Crippen molar-refractivity contribution in [1.82, 2.24) is 5.32 Å². The zero-order valence-electron chi connectivity index (χ0n) is 10.6. The lowest BCUT2D eigenvalue weighted by atomic mass is 9.90. The molecular formula is C14H19ClN2O. The highest BCUT2D eigenvalue weighted by molar-refractivity contribution is 6.30. The van der Waals surface area contributed by atoms with Gasteiger partial charge in [-0.2, -0.15) is 0 Å². The fraction of sp³-hybridized carbons (Fsp3) is 0.500. The summed E-state index contributed by atoms with van der Waals surface area (Å²) in [6.45, 7) is 1.83. The molecule has 1 aliphatic rings. The number of primary amides is 1. The molecule has 1 saturated carbocycles. The molecule has 1 aliphatic carbocycles. The summed E-state index contributed by atoms with van der Waals surface area (Å²) >= 11 is 5.99. The lowest BCUT2D eigenvalue weighted by molar-refractivity contribution is -0.124. The zero-order valence-corrected chi connectivity index (χ0v) is 11.3. The Bertz CT molecular complexity index is 443. The molecule has 0 spiro atoms. The van der Waals surface area contributed by atoms with E-state index in [9.17, 15) is 4.79 Å². The standard InChI is InChI=1S/C14H19ClN2O/c1-14(13(16)18,17-12-7-2-3-8-12)10-5-4-6-11(15)9-10/h4-6,9,12,17H,2-3,7-8H2,1H3,(H2,16,18). The highest BCUT2D eigenvalue weighted by Gasteiger charge is 2.36. The predicted octanol–water partition coefficient (Wildman–Crippen LogP) is 2.57. The van der Waals surface area contributed by atoms with E-state index in [1.807, 2.05) is 19.1 Å². The zero-order chi connectivity index (χ0) is 13.2. The summed E-state index contributed by atoms with van der Waals surface area (Å²) in [4.78, 5) is 11.8. The average molecular weight is 267 g/mol. The minimum Gasteiger partial charge on any atom is -0.368 e. The summed E-state index contributed by atoms with van der Waals surface area (Å²) in [6, 6.07) is 7.69. The maximum absolute atomic E-state index is 11.8. The molecule has 0 aliphatic heterocycles. The van der Waals surface area contributed by atoms with Crippen LogP contribution in [-0.2, 0) is 10.3 Å². The number of hydrogen-bond acceptors (Lipinski definition) is 2. The lowest BCUT2D eigenvalue weighted by Crippen LogP contribution is -2.53. The third kappa shape index (κ3) is 2.68. The van der Waals surface area contributed by atoms with Gasteiger partial charge in [-0.3, -0.25) is 10.1 Å². The quantitative estimate of drug-likeness (QED) is 0.880. The second-order valence-corrected chi connectivity index (χ2v) is 5.56. The number of benzene rings is 1. The number of amides is 1.